The van der Waals surface area contributed by atoms with Crippen LogP contribution in [0.25, 0.3) is 0 Å². The molecule has 0 aromatic carbocycles. The summed E-state index contributed by atoms with van der Waals surface area (Å²) in [5.74, 6) is -1.19. The molecular weight excluding hydrogens is 246 g/mol. The van der Waals surface area contributed by atoms with Gasteiger partial charge in [-0.15, -0.1) is 12.4 Å². The van der Waals surface area contributed by atoms with E-state index in [-0.39, 0.29) is 24.2 Å². The molecule has 98 valence electrons. The fourth-order valence-electron chi connectivity index (χ4n) is 1.59. The van der Waals surface area contributed by atoms with Gasteiger partial charge in [-0.1, -0.05) is 11.6 Å². The Bertz CT molecular complexity index is 301. The van der Waals surface area contributed by atoms with Gasteiger partial charge in [0.25, 0.3) is 0 Å². The standard InChI is InChI=1S/C10H17N3O3.ClH/c1-15-10(14)8(9(11)12)13-16-7-5-3-2-4-6-7;/h7H,2-6H2,1H3,(H3,11,12);1H/b13-8+;. The third-order valence-corrected chi connectivity index (χ3v) is 2.48. The monoisotopic (exact) mass is 263 g/mol. The summed E-state index contributed by atoms with van der Waals surface area (Å²) >= 11 is 0. The second-order valence-corrected chi connectivity index (χ2v) is 3.71. The number of amidine groups is 1. The van der Waals surface area contributed by atoms with Crippen molar-refractivity contribution in [3.63, 3.8) is 0 Å². The van der Waals surface area contributed by atoms with Crippen molar-refractivity contribution in [2.45, 2.75) is 38.2 Å². The van der Waals surface area contributed by atoms with Crippen LogP contribution < -0.4 is 5.73 Å². The van der Waals surface area contributed by atoms with Gasteiger partial charge in [-0.3, -0.25) is 5.41 Å². The van der Waals surface area contributed by atoms with Crippen LogP contribution in [0, 0.1) is 5.41 Å². The summed E-state index contributed by atoms with van der Waals surface area (Å²) in [5, 5.41) is 10.8. The maximum atomic E-state index is 11.2. The Morgan fingerprint density at radius 3 is 2.41 bits per heavy atom. The second kappa shape index (κ2) is 7.89. The van der Waals surface area contributed by atoms with Crippen molar-refractivity contribution in [2.24, 2.45) is 10.9 Å². The normalized spacial score (nSPS) is 16.9. The fraction of sp³-hybridized carbons (Fsp3) is 0.700. The van der Waals surface area contributed by atoms with E-state index in [9.17, 15) is 4.79 Å². The Kier molecular flexibility index (Phi) is 7.29. The number of esters is 1. The van der Waals surface area contributed by atoms with Crippen LogP contribution in [0.4, 0.5) is 0 Å². The minimum absolute atomic E-state index is 0. The molecule has 1 aliphatic carbocycles. The van der Waals surface area contributed by atoms with Crippen LogP contribution in [0.3, 0.4) is 0 Å². The molecule has 1 fully saturated rings. The van der Waals surface area contributed by atoms with E-state index in [2.05, 4.69) is 9.89 Å². The summed E-state index contributed by atoms with van der Waals surface area (Å²) in [5.41, 5.74) is 4.93. The summed E-state index contributed by atoms with van der Waals surface area (Å²) < 4.78 is 4.44. The second-order valence-electron chi connectivity index (χ2n) is 3.71. The SMILES string of the molecule is COC(=O)/C(=N/OC1CCCCC1)C(=N)N.Cl. The van der Waals surface area contributed by atoms with Gasteiger partial charge < -0.3 is 15.3 Å². The predicted octanol–water partition coefficient (Wildman–Crippen LogP) is 1.22. The molecule has 1 aliphatic rings. The molecule has 0 aromatic heterocycles. The Balaban J connectivity index is 0.00000256. The van der Waals surface area contributed by atoms with Crippen molar-refractivity contribution >= 4 is 29.9 Å². The smallest absolute Gasteiger partial charge is 0.363 e. The number of nitrogens with zero attached hydrogens (tertiary/aromatic N) is 1. The maximum Gasteiger partial charge on any atom is 0.363 e. The minimum Gasteiger partial charge on any atom is -0.464 e. The average Bonchev–Trinajstić information content (AvgIpc) is 2.30. The van der Waals surface area contributed by atoms with Gasteiger partial charge in [-0.2, -0.15) is 0 Å². The summed E-state index contributed by atoms with van der Waals surface area (Å²) in [4.78, 5) is 16.4. The summed E-state index contributed by atoms with van der Waals surface area (Å²) in [6.45, 7) is 0. The molecule has 0 spiro atoms. The zero-order chi connectivity index (χ0) is 12.0. The van der Waals surface area contributed by atoms with Gasteiger partial charge in [0.05, 0.1) is 7.11 Å². The number of oxime groups is 1. The van der Waals surface area contributed by atoms with E-state index in [1.807, 2.05) is 0 Å². The quantitative estimate of drug-likeness (QED) is 0.345. The van der Waals surface area contributed by atoms with Crippen LogP contribution in [0.2, 0.25) is 0 Å². The molecule has 1 saturated carbocycles. The number of hydrogen-bond donors (Lipinski definition) is 2. The summed E-state index contributed by atoms with van der Waals surface area (Å²) in [7, 11) is 1.21. The molecule has 0 bridgehead atoms. The highest BCUT2D eigenvalue weighted by Crippen LogP contribution is 2.20. The molecule has 0 aliphatic heterocycles. The van der Waals surface area contributed by atoms with Crippen LogP contribution in [0.15, 0.2) is 5.16 Å². The van der Waals surface area contributed by atoms with Crippen LogP contribution in [0.5, 0.6) is 0 Å². The zero-order valence-corrected chi connectivity index (χ0v) is 10.6. The van der Waals surface area contributed by atoms with Gasteiger partial charge in [0.15, 0.2) is 5.84 Å². The van der Waals surface area contributed by atoms with Crippen molar-refractivity contribution < 1.29 is 14.4 Å². The van der Waals surface area contributed by atoms with Crippen molar-refractivity contribution in [3.05, 3.63) is 0 Å². The molecule has 0 aromatic rings. The lowest BCUT2D eigenvalue weighted by Crippen LogP contribution is -2.32. The molecule has 7 heteroatoms. The van der Waals surface area contributed by atoms with E-state index in [4.69, 9.17) is 16.0 Å². The van der Waals surface area contributed by atoms with Crippen LogP contribution in [-0.4, -0.2) is 30.7 Å². The third-order valence-electron chi connectivity index (χ3n) is 2.48. The average molecular weight is 264 g/mol. The molecule has 3 N–H and O–H groups in total. The molecule has 1 rings (SSSR count). The van der Waals surface area contributed by atoms with Gasteiger partial charge in [0, 0.05) is 0 Å². The summed E-state index contributed by atoms with van der Waals surface area (Å²) in [6.07, 6.45) is 5.29. The van der Waals surface area contributed by atoms with Crippen LogP contribution in [0.1, 0.15) is 32.1 Å². The van der Waals surface area contributed by atoms with Crippen LogP contribution in [-0.2, 0) is 14.4 Å². The Morgan fingerprint density at radius 2 is 1.94 bits per heavy atom. The molecule has 0 amide bonds. The maximum absolute atomic E-state index is 11.2. The van der Waals surface area contributed by atoms with Crippen molar-refractivity contribution in [3.8, 4) is 0 Å². The highest BCUT2D eigenvalue weighted by atomic mass is 35.5. The van der Waals surface area contributed by atoms with E-state index in [1.54, 1.807) is 0 Å². The van der Waals surface area contributed by atoms with E-state index in [0.717, 1.165) is 25.7 Å². The van der Waals surface area contributed by atoms with Gasteiger partial charge in [0.2, 0.25) is 5.71 Å². The van der Waals surface area contributed by atoms with E-state index in [0.29, 0.717) is 0 Å². The molecule has 0 unspecified atom stereocenters. The molecule has 0 saturated heterocycles. The van der Waals surface area contributed by atoms with Gasteiger partial charge in [0.1, 0.15) is 6.10 Å². The van der Waals surface area contributed by atoms with Gasteiger partial charge in [-0.05, 0) is 25.7 Å². The van der Waals surface area contributed by atoms with Gasteiger partial charge >= 0.3 is 5.97 Å². The lowest BCUT2D eigenvalue weighted by Gasteiger charge is -2.19. The highest BCUT2D eigenvalue weighted by Gasteiger charge is 2.19. The molecular formula is C10H18ClN3O3. The first-order valence-electron chi connectivity index (χ1n) is 5.31. The number of nitrogens with two attached hydrogens (primary N) is 1. The Morgan fingerprint density at radius 1 is 1.35 bits per heavy atom. The minimum atomic E-state index is -0.747. The zero-order valence-electron chi connectivity index (χ0n) is 9.77. The first kappa shape index (κ1) is 15.7. The molecule has 0 radical (unpaired) electrons. The number of halogens is 1. The number of carbonyl (C=O) groups is 1. The first-order chi connectivity index (χ1) is 7.65. The topological polar surface area (TPSA) is 97.8 Å². The number of ether oxygens (including phenoxy) is 1. The lowest BCUT2D eigenvalue weighted by molar-refractivity contribution is -0.132. The number of hydrogen-bond acceptors (Lipinski definition) is 5. The number of carbonyl (C=O) groups excluding carboxylic acids is 1. The van der Waals surface area contributed by atoms with Gasteiger partial charge in [-0.25, -0.2) is 4.79 Å². The number of methoxy groups -OCH3 is 1. The molecule has 6 nitrogen and oxygen atoms in total. The molecule has 17 heavy (non-hydrogen) atoms. The fourth-order valence-corrected chi connectivity index (χ4v) is 1.59. The third kappa shape index (κ3) is 5.04. The van der Waals surface area contributed by atoms with Crippen molar-refractivity contribution in [1.82, 2.24) is 0 Å². The number of rotatable bonds is 4. The predicted molar refractivity (Wildman–Crippen MR) is 66.6 cm³/mol. The Hall–Kier alpha value is -1.30. The molecule has 0 heterocycles. The van der Waals surface area contributed by atoms with E-state index < -0.39 is 11.8 Å². The van der Waals surface area contributed by atoms with Crippen molar-refractivity contribution in [2.75, 3.05) is 7.11 Å². The van der Waals surface area contributed by atoms with Crippen molar-refractivity contribution in [1.29, 1.82) is 5.41 Å². The highest BCUT2D eigenvalue weighted by molar-refractivity contribution is 6.64. The van der Waals surface area contributed by atoms with E-state index in [1.165, 1.54) is 13.5 Å². The largest absolute Gasteiger partial charge is 0.464 e. The first-order valence-corrected chi connectivity index (χ1v) is 5.31. The lowest BCUT2D eigenvalue weighted by atomic mass is 9.98. The number of nitrogens with one attached hydrogen (secondary N) is 1. The summed E-state index contributed by atoms with van der Waals surface area (Å²) in [6, 6.07) is 0. The molecule has 0 atom stereocenters. The van der Waals surface area contributed by atoms with E-state index >= 15 is 0 Å². The van der Waals surface area contributed by atoms with Crippen LogP contribution >= 0.6 is 12.4 Å². The Labute approximate surface area is 106 Å².